The van der Waals surface area contributed by atoms with Gasteiger partial charge in [-0.1, -0.05) is 0 Å². The molecular weight excluding hydrogens is 282 g/mol. The fraction of sp³-hybridized carbons (Fsp3) is 0.417. The lowest BCUT2D eigenvalue weighted by atomic mass is 10.2. The second-order valence-electron chi connectivity index (χ2n) is 4.33. The Morgan fingerprint density at radius 2 is 2.15 bits per heavy atom. The summed E-state index contributed by atoms with van der Waals surface area (Å²) in [5.41, 5.74) is 2.45. The highest BCUT2D eigenvalue weighted by Crippen LogP contribution is 2.26. The van der Waals surface area contributed by atoms with E-state index >= 15 is 0 Å². The van der Waals surface area contributed by atoms with E-state index in [0.717, 1.165) is 11.3 Å². The number of aromatic amines is 1. The van der Waals surface area contributed by atoms with E-state index in [1.165, 1.54) is 13.2 Å². The van der Waals surface area contributed by atoms with Crippen molar-refractivity contribution in [3.63, 3.8) is 0 Å². The molecule has 7 nitrogen and oxygen atoms in total. The van der Waals surface area contributed by atoms with Crippen LogP contribution in [0.15, 0.2) is 21.6 Å². The predicted octanol–water partition coefficient (Wildman–Crippen LogP) is 1.21. The van der Waals surface area contributed by atoms with E-state index in [9.17, 15) is 8.42 Å². The highest BCUT2D eigenvalue weighted by atomic mass is 32.2. The largest absolute Gasteiger partial charge is 0.442 e. The van der Waals surface area contributed by atoms with Crippen LogP contribution in [-0.2, 0) is 14.8 Å². The van der Waals surface area contributed by atoms with Gasteiger partial charge >= 0.3 is 0 Å². The van der Waals surface area contributed by atoms with Gasteiger partial charge in [0.2, 0.25) is 5.09 Å². The molecule has 8 heteroatoms. The van der Waals surface area contributed by atoms with Crippen molar-refractivity contribution in [3.05, 3.63) is 23.4 Å². The predicted molar refractivity (Wildman–Crippen MR) is 72.8 cm³/mol. The molecule has 2 N–H and O–H groups in total. The first-order chi connectivity index (χ1) is 9.45. The average molecular weight is 299 g/mol. The number of ether oxygens (including phenoxy) is 1. The van der Waals surface area contributed by atoms with Crippen molar-refractivity contribution in [1.82, 2.24) is 14.9 Å². The van der Waals surface area contributed by atoms with Gasteiger partial charge < -0.3 is 9.15 Å². The van der Waals surface area contributed by atoms with Gasteiger partial charge in [-0.15, -0.1) is 0 Å². The average Bonchev–Trinajstić information content (AvgIpc) is 2.99. The number of rotatable bonds is 6. The maximum atomic E-state index is 12.0. The Balaban J connectivity index is 2.23. The monoisotopic (exact) mass is 299 g/mol. The Hall–Kier alpha value is -1.64. The maximum Gasteiger partial charge on any atom is 0.274 e. The Bertz CT molecular complexity index is 687. The quantitative estimate of drug-likeness (QED) is 0.781. The third-order valence-corrected chi connectivity index (χ3v) is 4.26. The Kier molecular flexibility index (Phi) is 4.26. The third kappa shape index (κ3) is 2.92. The van der Waals surface area contributed by atoms with Gasteiger partial charge in [0, 0.05) is 24.9 Å². The lowest BCUT2D eigenvalue weighted by Crippen LogP contribution is -2.26. The summed E-state index contributed by atoms with van der Waals surface area (Å²) in [6, 6.07) is 3.00. The maximum absolute atomic E-state index is 12.0. The molecule has 20 heavy (non-hydrogen) atoms. The number of aromatic nitrogens is 2. The summed E-state index contributed by atoms with van der Waals surface area (Å²) in [6.45, 7) is 4.26. The molecule has 2 aromatic heterocycles. The molecule has 0 bridgehead atoms. The first kappa shape index (κ1) is 14.8. The number of aryl methyl sites for hydroxylation is 1. The smallest absolute Gasteiger partial charge is 0.274 e. The number of nitrogens with one attached hydrogen (secondary N) is 2. The summed E-state index contributed by atoms with van der Waals surface area (Å²) in [6.07, 6.45) is 0. The van der Waals surface area contributed by atoms with Crippen molar-refractivity contribution in [3.8, 4) is 11.5 Å². The Morgan fingerprint density at radius 1 is 1.40 bits per heavy atom. The second kappa shape index (κ2) is 5.78. The molecule has 2 rings (SSSR count). The van der Waals surface area contributed by atoms with Gasteiger partial charge in [-0.2, -0.15) is 5.10 Å². The number of hydrogen-bond donors (Lipinski definition) is 2. The highest BCUT2D eigenvalue weighted by Gasteiger charge is 2.20. The molecule has 110 valence electrons. The lowest BCUT2D eigenvalue weighted by molar-refractivity contribution is 0.204. The molecule has 0 aliphatic carbocycles. The molecule has 0 aliphatic heterocycles. The minimum atomic E-state index is -3.66. The molecule has 2 heterocycles. The van der Waals surface area contributed by atoms with Crippen LogP contribution in [0.1, 0.15) is 11.3 Å². The zero-order valence-electron chi connectivity index (χ0n) is 11.6. The highest BCUT2D eigenvalue weighted by molar-refractivity contribution is 7.89. The molecule has 0 saturated carbocycles. The standard InChI is InChI=1S/C12H17N3O4S/c1-8-9(2)14-15-12(8)10-4-5-11(19-10)20(16,17)13-6-7-18-3/h4-5,13H,6-7H2,1-3H3,(H,14,15). The summed E-state index contributed by atoms with van der Waals surface area (Å²) in [7, 11) is -2.16. The van der Waals surface area contributed by atoms with Crippen LogP contribution in [-0.4, -0.2) is 38.9 Å². The fourth-order valence-electron chi connectivity index (χ4n) is 1.67. The van der Waals surface area contributed by atoms with Crippen molar-refractivity contribution < 1.29 is 17.6 Å². The van der Waals surface area contributed by atoms with E-state index in [2.05, 4.69) is 14.9 Å². The number of H-pyrrole nitrogens is 1. The van der Waals surface area contributed by atoms with Crippen LogP contribution in [0.25, 0.3) is 11.5 Å². The SMILES string of the molecule is COCCNS(=O)(=O)c1ccc(-c2n[nH]c(C)c2C)o1. The van der Waals surface area contributed by atoms with Gasteiger partial charge in [0.15, 0.2) is 5.76 Å². The Labute approximate surface area is 117 Å². The minimum absolute atomic E-state index is 0.136. The first-order valence-electron chi connectivity index (χ1n) is 6.06. The van der Waals surface area contributed by atoms with Gasteiger partial charge in [0.1, 0.15) is 5.69 Å². The van der Waals surface area contributed by atoms with Crippen molar-refractivity contribution >= 4 is 10.0 Å². The number of hydrogen-bond acceptors (Lipinski definition) is 5. The molecule has 0 aliphatic rings. The first-order valence-corrected chi connectivity index (χ1v) is 7.54. The normalized spacial score (nSPS) is 11.9. The number of sulfonamides is 1. The summed E-state index contributed by atoms with van der Waals surface area (Å²) < 4.78 is 36.5. The van der Waals surface area contributed by atoms with Crippen molar-refractivity contribution in [2.24, 2.45) is 0 Å². The molecule has 0 saturated heterocycles. The summed E-state index contributed by atoms with van der Waals surface area (Å²) in [4.78, 5) is 0. The van der Waals surface area contributed by atoms with E-state index in [1.54, 1.807) is 6.07 Å². The topological polar surface area (TPSA) is 97.2 Å². The zero-order valence-corrected chi connectivity index (χ0v) is 12.4. The van der Waals surface area contributed by atoms with E-state index in [0.29, 0.717) is 18.1 Å². The molecule has 0 spiro atoms. The van der Waals surface area contributed by atoms with Crippen LogP contribution in [0.5, 0.6) is 0 Å². The van der Waals surface area contributed by atoms with E-state index in [-0.39, 0.29) is 11.6 Å². The fourth-order valence-corrected chi connectivity index (χ4v) is 2.61. The van der Waals surface area contributed by atoms with Gasteiger partial charge in [0.25, 0.3) is 10.0 Å². The number of methoxy groups -OCH3 is 1. The van der Waals surface area contributed by atoms with Crippen LogP contribution in [0.4, 0.5) is 0 Å². The van der Waals surface area contributed by atoms with Crippen LogP contribution in [0, 0.1) is 13.8 Å². The molecule has 0 fully saturated rings. The molecule has 0 atom stereocenters. The molecular formula is C12H17N3O4S. The van der Waals surface area contributed by atoms with Gasteiger partial charge in [0.05, 0.1) is 6.61 Å². The Morgan fingerprint density at radius 3 is 2.75 bits per heavy atom. The van der Waals surface area contributed by atoms with Gasteiger partial charge in [-0.3, -0.25) is 5.10 Å². The van der Waals surface area contributed by atoms with Gasteiger partial charge in [-0.25, -0.2) is 13.1 Å². The van der Waals surface area contributed by atoms with E-state index in [1.807, 2.05) is 13.8 Å². The van der Waals surface area contributed by atoms with Crippen molar-refractivity contribution in [2.45, 2.75) is 18.9 Å². The van der Waals surface area contributed by atoms with E-state index in [4.69, 9.17) is 9.15 Å². The number of nitrogens with zero attached hydrogens (tertiary/aromatic N) is 1. The van der Waals surface area contributed by atoms with Crippen LogP contribution >= 0.6 is 0 Å². The van der Waals surface area contributed by atoms with Crippen molar-refractivity contribution in [1.29, 1.82) is 0 Å². The van der Waals surface area contributed by atoms with Gasteiger partial charge in [-0.05, 0) is 26.0 Å². The lowest BCUT2D eigenvalue weighted by Gasteiger charge is -2.02. The zero-order chi connectivity index (χ0) is 14.8. The molecule has 0 unspecified atom stereocenters. The summed E-state index contributed by atoms with van der Waals surface area (Å²) >= 11 is 0. The molecule has 2 aromatic rings. The number of furan rings is 1. The molecule has 0 aromatic carbocycles. The molecule has 0 radical (unpaired) electrons. The summed E-state index contributed by atoms with van der Waals surface area (Å²) in [5.74, 6) is 0.416. The van der Waals surface area contributed by atoms with Crippen molar-refractivity contribution in [2.75, 3.05) is 20.3 Å². The minimum Gasteiger partial charge on any atom is -0.442 e. The molecule has 0 amide bonds. The van der Waals surface area contributed by atoms with Crippen LogP contribution < -0.4 is 4.72 Å². The third-order valence-electron chi connectivity index (χ3n) is 2.93. The summed E-state index contributed by atoms with van der Waals surface area (Å²) in [5, 5.41) is 6.80. The van der Waals surface area contributed by atoms with E-state index < -0.39 is 10.0 Å². The second-order valence-corrected chi connectivity index (χ2v) is 6.03. The van der Waals surface area contributed by atoms with Crippen LogP contribution in [0.3, 0.4) is 0 Å². The van der Waals surface area contributed by atoms with Crippen LogP contribution in [0.2, 0.25) is 0 Å².